The van der Waals surface area contributed by atoms with Crippen LogP contribution in [0.25, 0.3) is 0 Å². The monoisotopic (exact) mass is 281 g/mol. The Labute approximate surface area is 105 Å². The molecule has 0 bridgehead atoms. The molecule has 0 aliphatic heterocycles. The smallest absolute Gasteiger partial charge is 0.220 e. The van der Waals surface area contributed by atoms with Crippen molar-refractivity contribution in [2.45, 2.75) is 25.3 Å². The molecule has 1 atom stereocenters. The first-order valence-corrected chi connectivity index (χ1v) is 6.82. The molecule has 0 saturated heterocycles. The maximum absolute atomic E-state index is 11.7. The van der Waals surface area contributed by atoms with Crippen molar-refractivity contribution >= 4 is 21.8 Å². The number of carbonyl (C=O) groups excluding carboxylic acids is 1. The molecule has 86 valence electrons. The molecule has 0 spiro atoms. The van der Waals surface area contributed by atoms with Gasteiger partial charge in [0.05, 0.1) is 6.04 Å². The number of carbonyl (C=O) groups is 1. The zero-order valence-electron chi connectivity index (χ0n) is 9.16. The SMILES string of the molecule is O=C(CC1CC1)NC(CBr)c1ccccc1. The van der Waals surface area contributed by atoms with Crippen molar-refractivity contribution in [3.05, 3.63) is 35.9 Å². The summed E-state index contributed by atoms with van der Waals surface area (Å²) in [5.41, 5.74) is 1.16. The van der Waals surface area contributed by atoms with E-state index in [0.717, 1.165) is 10.9 Å². The van der Waals surface area contributed by atoms with Crippen LogP contribution in [-0.2, 0) is 4.79 Å². The van der Waals surface area contributed by atoms with Gasteiger partial charge in [-0.2, -0.15) is 0 Å². The molecule has 2 nitrogen and oxygen atoms in total. The van der Waals surface area contributed by atoms with Gasteiger partial charge in [-0.05, 0) is 24.3 Å². The number of amides is 1. The van der Waals surface area contributed by atoms with E-state index in [-0.39, 0.29) is 11.9 Å². The molecule has 1 fully saturated rings. The highest BCUT2D eigenvalue weighted by molar-refractivity contribution is 9.09. The lowest BCUT2D eigenvalue weighted by atomic mass is 10.1. The van der Waals surface area contributed by atoms with Crippen LogP contribution in [0.15, 0.2) is 30.3 Å². The minimum atomic E-state index is 0.0902. The third-order valence-electron chi connectivity index (χ3n) is 2.86. The van der Waals surface area contributed by atoms with Crippen LogP contribution in [-0.4, -0.2) is 11.2 Å². The summed E-state index contributed by atoms with van der Waals surface area (Å²) < 4.78 is 0. The molecule has 1 aliphatic rings. The average Bonchev–Trinajstić information content (AvgIpc) is 3.11. The third kappa shape index (κ3) is 3.34. The average molecular weight is 282 g/mol. The lowest BCUT2D eigenvalue weighted by Gasteiger charge is -2.16. The number of hydrogen-bond acceptors (Lipinski definition) is 1. The van der Waals surface area contributed by atoms with E-state index in [1.165, 1.54) is 12.8 Å². The van der Waals surface area contributed by atoms with Gasteiger partial charge < -0.3 is 5.32 Å². The maximum Gasteiger partial charge on any atom is 0.220 e. The topological polar surface area (TPSA) is 29.1 Å². The van der Waals surface area contributed by atoms with Gasteiger partial charge in [0.25, 0.3) is 0 Å². The van der Waals surface area contributed by atoms with Crippen molar-refractivity contribution in [1.82, 2.24) is 5.32 Å². The van der Waals surface area contributed by atoms with Crippen molar-refractivity contribution in [1.29, 1.82) is 0 Å². The Morgan fingerprint density at radius 2 is 2.06 bits per heavy atom. The van der Waals surface area contributed by atoms with E-state index in [1.54, 1.807) is 0 Å². The Balaban J connectivity index is 1.91. The summed E-state index contributed by atoms with van der Waals surface area (Å²) in [6.07, 6.45) is 3.13. The predicted molar refractivity (Wildman–Crippen MR) is 68.5 cm³/mol. The van der Waals surface area contributed by atoms with Crippen LogP contribution < -0.4 is 5.32 Å². The van der Waals surface area contributed by atoms with E-state index in [0.29, 0.717) is 12.3 Å². The fraction of sp³-hybridized carbons (Fsp3) is 0.462. The normalized spacial score (nSPS) is 16.8. The minimum Gasteiger partial charge on any atom is -0.348 e. The Morgan fingerprint density at radius 3 is 2.62 bits per heavy atom. The van der Waals surface area contributed by atoms with Crippen LogP contribution in [0.2, 0.25) is 0 Å². The van der Waals surface area contributed by atoms with Crippen molar-refractivity contribution in [3.63, 3.8) is 0 Å². The predicted octanol–water partition coefficient (Wildman–Crippen LogP) is 3.04. The number of hydrogen-bond donors (Lipinski definition) is 1. The number of nitrogens with one attached hydrogen (secondary N) is 1. The van der Waals surface area contributed by atoms with Gasteiger partial charge in [0.1, 0.15) is 0 Å². The molecule has 1 aromatic carbocycles. The summed E-state index contributed by atoms with van der Waals surface area (Å²) in [4.78, 5) is 11.7. The highest BCUT2D eigenvalue weighted by Crippen LogP contribution is 2.32. The van der Waals surface area contributed by atoms with Crippen LogP contribution >= 0.6 is 15.9 Å². The van der Waals surface area contributed by atoms with Crippen LogP contribution in [0, 0.1) is 5.92 Å². The van der Waals surface area contributed by atoms with Crippen molar-refractivity contribution in [2.24, 2.45) is 5.92 Å². The molecular formula is C13H16BrNO. The molecule has 16 heavy (non-hydrogen) atoms. The first kappa shape index (κ1) is 11.6. The molecule has 1 aromatic rings. The zero-order valence-corrected chi connectivity index (χ0v) is 10.7. The van der Waals surface area contributed by atoms with Crippen LogP contribution in [0.5, 0.6) is 0 Å². The lowest BCUT2D eigenvalue weighted by Crippen LogP contribution is -2.29. The standard InChI is InChI=1S/C13H16BrNO/c14-9-12(11-4-2-1-3-5-11)15-13(16)8-10-6-7-10/h1-5,10,12H,6-9H2,(H,15,16). The molecule has 1 aliphatic carbocycles. The minimum absolute atomic E-state index is 0.0902. The quantitative estimate of drug-likeness (QED) is 0.826. The van der Waals surface area contributed by atoms with E-state index >= 15 is 0 Å². The fourth-order valence-corrected chi connectivity index (χ4v) is 2.27. The van der Waals surface area contributed by atoms with Gasteiger partial charge in [-0.1, -0.05) is 46.3 Å². The Hall–Kier alpha value is -0.830. The van der Waals surface area contributed by atoms with Crippen LogP contribution in [0.4, 0.5) is 0 Å². The molecule has 2 rings (SSSR count). The van der Waals surface area contributed by atoms with Gasteiger partial charge in [0, 0.05) is 11.8 Å². The molecule has 1 amide bonds. The first-order valence-electron chi connectivity index (χ1n) is 5.70. The molecule has 0 aromatic heterocycles. The van der Waals surface area contributed by atoms with Crippen molar-refractivity contribution in [2.75, 3.05) is 5.33 Å². The summed E-state index contributed by atoms with van der Waals surface area (Å²) >= 11 is 3.45. The summed E-state index contributed by atoms with van der Waals surface area (Å²) in [7, 11) is 0. The molecule has 1 unspecified atom stereocenters. The second-order valence-corrected chi connectivity index (χ2v) is 4.98. The molecular weight excluding hydrogens is 266 g/mol. The highest BCUT2D eigenvalue weighted by Gasteiger charge is 2.25. The summed E-state index contributed by atoms with van der Waals surface area (Å²) in [5, 5.41) is 3.83. The van der Waals surface area contributed by atoms with E-state index < -0.39 is 0 Å². The van der Waals surface area contributed by atoms with Crippen molar-refractivity contribution in [3.8, 4) is 0 Å². The Morgan fingerprint density at radius 1 is 1.38 bits per heavy atom. The Bertz CT molecular complexity index is 348. The van der Waals surface area contributed by atoms with Crippen molar-refractivity contribution < 1.29 is 4.79 Å². The third-order valence-corrected chi connectivity index (χ3v) is 3.51. The lowest BCUT2D eigenvalue weighted by molar-refractivity contribution is -0.122. The van der Waals surface area contributed by atoms with Gasteiger partial charge in [-0.3, -0.25) is 4.79 Å². The number of rotatable bonds is 5. The molecule has 1 N–H and O–H groups in total. The first-order chi connectivity index (χ1) is 7.79. The number of benzene rings is 1. The van der Waals surface area contributed by atoms with E-state index in [4.69, 9.17) is 0 Å². The second-order valence-electron chi connectivity index (χ2n) is 4.33. The van der Waals surface area contributed by atoms with Crippen LogP contribution in [0.1, 0.15) is 30.9 Å². The fourth-order valence-electron chi connectivity index (χ4n) is 1.73. The molecule has 3 heteroatoms. The molecule has 0 radical (unpaired) electrons. The number of halogens is 1. The molecule has 1 saturated carbocycles. The van der Waals surface area contributed by atoms with Gasteiger partial charge in [0.2, 0.25) is 5.91 Å². The van der Waals surface area contributed by atoms with Gasteiger partial charge in [0.15, 0.2) is 0 Å². The number of alkyl halides is 1. The van der Waals surface area contributed by atoms with Crippen LogP contribution in [0.3, 0.4) is 0 Å². The zero-order chi connectivity index (χ0) is 11.4. The van der Waals surface area contributed by atoms with E-state index in [2.05, 4.69) is 21.2 Å². The largest absolute Gasteiger partial charge is 0.348 e. The molecule has 0 heterocycles. The van der Waals surface area contributed by atoms with Gasteiger partial charge in [-0.25, -0.2) is 0 Å². The highest BCUT2D eigenvalue weighted by atomic mass is 79.9. The van der Waals surface area contributed by atoms with Gasteiger partial charge in [-0.15, -0.1) is 0 Å². The summed E-state index contributed by atoms with van der Waals surface area (Å²) in [6.45, 7) is 0. The second kappa shape index (κ2) is 5.48. The maximum atomic E-state index is 11.7. The Kier molecular flexibility index (Phi) is 3.99. The van der Waals surface area contributed by atoms with Gasteiger partial charge >= 0.3 is 0 Å². The van der Waals surface area contributed by atoms with E-state index in [9.17, 15) is 4.79 Å². The van der Waals surface area contributed by atoms with E-state index in [1.807, 2.05) is 30.3 Å². The summed E-state index contributed by atoms with van der Waals surface area (Å²) in [6, 6.07) is 10.2. The summed E-state index contributed by atoms with van der Waals surface area (Å²) in [5.74, 6) is 0.822.